The van der Waals surface area contributed by atoms with Crippen LogP contribution in [0.5, 0.6) is 0 Å². The molecule has 0 fully saturated rings. The van der Waals surface area contributed by atoms with Crippen LogP contribution >= 0.6 is 34.7 Å². The molecule has 4 heteroatoms. The van der Waals surface area contributed by atoms with Gasteiger partial charge in [-0.1, -0.05) is 11.6 Å². The molecule has 0 amide bonds. The van der Waals surface area contributed by atoms with E-state index in [1.807, 2.05) is 23.8 Å². The molecule has 0 aliphatic carbocycles. The van der Waals surface area contributed by atoms with E-state index < -0.39 is 0 Å². The van der Waals surface area contributed by atoms with Crippen LogP contribution < -0.4 is 0 Å². The van der Waals surface area contributed by atoms with Gasteiger partial charge in [0.2, 0.25) is 0 Å². The highest BCUT2D eigenvalue weighted by atomic mass is 35.5. The van der Waals surface area contributed by atoms with E-state index in [4.69, 9.17) is 11.6 Å². The van der Waals surface area contributed by atoms with Crippen molar-refractivity contribution >= 4 is 44.9 Å². The van der Waals surface area contributed by atoms with Gasteiger partial charge < -0.3 is 0 Å². The largest absolute Gasteiger partial charge is 0.235 e. The lowest BCUT2D eigenvalue weighted by Gasteiger charge is -1.98. The maximum atomic E-state index is 5.84. The van der Waals surface area contributed by atoms with Crippen LogP contribution in [0.1, 0.15) is 0 Å². The Morgan fingerprint density at radius 1 is 1.58 bits per heavy atom. The third kappa shape index (κ3) is 1.32. The predicted molar refractivity (Wildman–Crippen MR) is 56.4 cm³/mol. The predicted octanol–water partition coefficient (Wildman–Crippen LogP) is 3.67. The van der Waals surface area contributed by atoms with Gasteiger partial charge in [0.25, 0.3) is 0 Å². The average molecular weight is 216 g/mol. The number of thiophene rings is 1. The Morgan fingerprint density at radius 2 is 2.42 bits per heavy atom. The van der Waals surface area contributed by atoms with Crippen molar-refractivity contribution in [3.8, 4) is 0 Å². The maximum Gasteiger partial charge on any atom is 0.130 e. The van der Waals surface area contributed by atoms with Crippen molar-refractivity contribution in [1.29, 1.82) is 0 Å². The number of halogens is 1. The number of hydrogen-bond donors (Lipinski definition) is 0. The molecule has 0 bridgehead atoms. The second kappa shape index (κ2) is 3.24. The third-order valence-corrected chi connectivity index (χ3v) is 3.59. The lowest BCUT2D eigenvalue weighted by Crippen LogP contribution is -1.77. The molecule has 0 spiro atoms. The number of nitrogens with zero attached hydrogens (tertiary/aromatic N) is 1. The highest BCUT2D eigenvalue weighted by Crippen LogP contribution is 2.31. The highest BCUT2D eigenvalue weighted by molar-refractivity contribution is 7.99. The van der Waals surface area contributed by atoms with Crippen molar-refractivity contribution in [3.63, 3.8) is 0 Å². The summed E-state index contributed by atoms with van der Waals surface area (Å²) in [7, 11) is 0. The van der Waals surface area contributed by atoms with Crippen molar-refractivity contribution in [2.75, 3.05) is 6.26 Å². The molecular weight excluding hydrogens is 210 g/mol. The summed E-state index contributed by atoms with van der Waals surface area (Å²) in [6.07, 6.45) is 2.05. The first-order valence-corrected chi connectivity index (χ1v) is 5.87. The lowest BCUT2D eigenvalue weighted by atomic mass is 10.4. The van der Waals surface area contributed by atoms with Crippen LogP contribution in [-0.4, -0.2) is 11.2 Å². The topological polar surface area (TPSA) is 12.9 Å². The summed E-state index contributed by atoms with van der Waals surface area (Å²) in [4.78, 5) is 5.42. The molecule has 62 valence electrons. The molecular formula is C8H6ClNS2. The summed E-state index contributed by atoms with van der Waals surface area (Å²) in [6.45, 7) is 0. The molecule has 2 heterocycles. The first-order chi connectivity index (χ1) is 5.81. The van der Waals surface area contributed by atoms with Crippen molar-refractivity contribution in [3.05, 3.63) is 22.7 Å². The van der Waals surface area contributed by atoms with E-state index in [0.717, 1.165) is 5.52 Å². The molecule has 0 aliphatic heterocycles. The number of hydrogen-bond acceptors (Lipinski definition) is 3. The van der Waals surface area contributed by atoms with Crippen molar-refractivity contribution in [1.82, 2.24) is 4.98 Å². The Labute approximate surface area is 83.8 Å². The SMILES string of the molecule is CSc1cc(Cl)nc2ccsc12. The van der Waals surface area contributed by atoms with E-state index in [9.17, 15) is 0 Å². The Kier molecular flexibility index (Phi) is 2.26. The fourth-order valence-electron chi connectivity index (χ4n) is 1.05. The molecule has 2 aromatic heterocycles. The molecule has 0 aromatic carbocycles. The monoisotopic (exact) mass is 215 g/mol. The van der Waals surface area contributed by atoms with Crippen LogP contribution in [0.2, 0.25) is 5.15 Å². The van der Waals surface area contributed by atoms with E-state index >= 15 is 0 Å². The van der Waals surface area contributed by atoms with Gasteiger partial charge in [0.05, 0.1) is 10.2 Å². The Hall–Kier alpha value is -0.250. The van der Waals surface area contributed by atoms with Crippen LogP contribution in [0.3, 0.4) is 0 Å². The summed E-state index contributed by atoms with van der Waals surface area (Å²) in [5, 5.41) is 2.61. The smallest absolute Gasteiger partial charge is 0.130 e. The second-order valence-electron chi connectivity index (χ2n) is 2.28. The highest BCUT2D eigenvalue weighted by Gasteiger charge is 2.04. The zero-order valence-corrected chi connectivity index (χ0v) is 8.76. The molecule has 0 aliphatic rings. The van der Waals surface area contributed by atoms with Crippen LogP contribution in [0.15, 0.2) is 22.4 Å². The van der Waals surface area contributed by atoms with Gasteiger partial charge in [0, 0.05) is 4.90 Å². The molecule has 1 nitrogen and oxygen atoms in total. The molecule has 0 atom stereocenters. The van der Waals surface area contributed by atoms with Crippen LogP contribution in [0.25, 0.3) is 10.2 Å². The first kappa shape index (κ1) is 8.35. The average Bonchev–Trinajstić information content (AvgIpc) is 2.50. The zero-order chi connectivity index (χ0) is 8.55. The van der Waals surface area contributed by atoms with Crippen LogP contribution in [-0.2, 0) is 0 Å². The van der Waals surface area contributed by atoms with E-state index in [-0.39, 0.29) is 0 Å². The fourth-order valence-corrected chi connectivity index (χ4v) is 2.97. The number of thioether (sulfide) groups is 1. The van der Waals surface area contributed by atoms with Crippen LogP contribution in [0, 0.1) is 0 Å². The number of fused-ring (bicyclic) bond motifs is 1. The number of aromatic nitrogens is 1. The van der Waals surface area contributed by atoms with E-state index in [1.54, 1.807) is 23.1 Å². The van der Waals surface area contributed by atoms with E-state index in [2.05, 4.69) is 4.98 Å². The van der Waals surface area contributed by atoms with Crippen molar-refractivity contribution in [2.45, 2.75) is 4.90 Å². The van der Waals surface area contributed by atoms with Gasteiger partial charge >= 0.3 is 0 Å². The van der Waals surface area contributed by atoms with Gasteiger partial charge in [-0.15, -0.1) is 23.1 Å². The van der Waals surface area contributed by atoms with Gasteiger partial charge in [-0.2, -0.15) is 0 Å². The molecule has 0 saturated heterocycles. The third-order valence-electron chi connectivity index (χ3n) is 1.57. The normalized spacial score (nSPS) is 10.8. The summed E-state index contributed by atoms with van der Waals surface area (Å²) in [6, 6.07) is 3.90. The summed E-state index contributed by atoms with van der Waals surface area (Å²) < 4.78 is 1.23. The minimum absolute atomic E-state index is 0.574. The Balaban J connectivity index is 2.80. The van der Waals surface area contributed by atoms with Crippen LogP contribution in [0.4, 0.5) is 0 Å². The molecule has 0 saturated carbocycles. The molecule has 2 aromatic rings. The number of pyridine rings is 1. The first-order valence-electron chi connectivity index (χ1n) is 3.39. The van der Waals surface area contributed by atoms with Gasteiger partial charge in [-0.3, -0.25) is 0 Å². The minimum Gasteiger partial charge on any atom is -0.235 e. The second-order valence-corrected chi connectivity index (χ2v) is 4.43. The Bertz CT molecular complexity index is 410. The van der Waals surface area contributed by atoms with Crippen molar-refractivity contribution in [2.24, 2.45) is 0 Å². The standard InChI is InChI=1S/C8H6ClNS2/c1-11-6-4-7(9)10-5-2-3-12-8(5)6/h2-4H,1H3. The number of rotatable bonds is 1. The van der Waals surface area contributed by atoms with Gasteiger partial charge in [0.15, 0.2) is 0 Å². The molecule has 0 unspecified atom stereocenters. The molecule has 0 radical (unpaired) electrons. The maximum absolute atomic E-state index is 5.84. The Morgan fingerprint density at radius 3 is 3.17 bits per heavy atom. The van der Waals surface area contributed by atoms with E-state index in [1.165, 1.54) is 9.60 Å². The lowest BCUT2D eigenvalue weighted by molar-refractivity contribution is 1.37. The zero-order valence-electron chi connectivity index (χ0n) is 6.37. The molecule has 2 rings (SSSR count). The van der Waals surface area contributed by atoms with Crippen molar-refractivity contribution < 1.29 is 0 Å². The van der Waals surface area contributed by atoms with Gasteiger partial charge in [-0.05, 0) is 23.8 Å². The molecule has 12 heavy (non-hydrogen) atoms. The molecule has 0 N–H and O–H groups in total. The van der Waals surface area contributed by atoms with Gasteiger partial charge in [-0.25, -0.2) is 4.98 Å². The summed E-state index contributed by atoms with van der Waals surface area (Å²) in [5.41, 5.74) is 0.997. The summed E-state index contributed by atoms with van der Waals surface area (Å²) >= 11 is 9.25. The fraction of sp³-hybridized carbons (Fsp3) is 0.125. The minimum atomic E-state index is 0.574. The van der Waals surface area contributed by atoms with E-state index in [0.29, 0.717) is 5.15 Å². The quantitative estimate of drug-likeness (QED) is 0.532. The summed E-state index contributed by atoms with van der Waals surface area (Å²) in [5.74, 6) is 0. The van der Waals surface area contributed by atoms with Gasteiger partial charge in [0.1, 0.15) is 5.15 Å².